The molecule has 0 spiro atoms. The molecule has 0 radical (unpaired) electrons. The molecule has 0 bridgehead atoms. The fourth-order valence-corrected chi connectivity index (χ4v) is 3.99. The minimum Gasteiger partial charge on any atom is -0.425 e. The first-order chi connectivity index (χ1) is 15.7. The number of ether oxygens (including phenoxy) is 3. The van der Waals surface area contributed by atoms with Gasteiger partial charge in [0.1, 0.15) is 5.60 Å². The molecule has 6 heteroatoms. The van der Waals surface area contributed by atoms with Crippen molar-refractivity contribution < 1.29 is 28.6 Å². The van der Waals surface area contributed by atoms with E-state index in [9.17, 15) is 14.4 Å². The third-order valence-corrected chi connectivity index (χ3v) is 6.89. The molecule has 1 aliphatic heterocycles. The van der Waals surface area contributed by atoms with E-state index >= 15 is 0 Å². The second-order valence-corrected chi connectivity index (χ2v) is 9.61. The molecule has 1 saturated heterocycles. The molecule has 0 aromatic carbocycles. The van der Waals surface area contributed by atoms with Gasteiger partial charge in [-0.25, -0.2) is 0 Å². The van der Waals surface area contributed by atoms with Crippen molar-refractivity contribution in [2.24, 2.45) is 11.8 Å². The third-order valence-electron chi connectivity index (χ3n) is 6.89. The van der Waals surface area contributed by atoms with E-state index in [-0.39, 0.29) is 18.0 Å². The Labute approximate surface area is 200 Å². The van der Waals surface area contributed by atoms with E-state index in [1.807, 2.05) is 13.8 Å². The van der Waals surface area contributed by atoms with Crippen LogP contribution in [0.3, 0.4) is 0 Å². The Morgan fingerprint density at radius 3 is 2.58 bits per heavy atom. The summed E-state index contributed by atoms with van der Waals surface area (Å²) in [5, 5.41) is 0. The van der Waals surface area contributed by atoms with Gasteiger partial charge in [-0.1, -0.05) is 52.5 Å². The molecule has 0 aromatic rings. The van der Waals surface area contributed by atoms with Gasteiger partial charge in [0, 0.05) is 19.8 Å². The van der Waals surface area contributed by atoms with Crippen molar-refractivity contribution in [3.05, 3.63) is 12.7 Å². The minimum atomic E-state index is -1.51. The van der Waals surface area contributed by atoms with Gasteiger partial charge in [0.2, 0.25) is 5.78 Å². The number of ketones is 2. The summed E-state index contributed by atoms with van der Waals surface area (Å²) in [5.41, 5.74) is -0.728. The van der Waals surface area contributed by atoms with Gasteiger partial charge in [-0.05, 0) is 44.9 Å². The van der Waals surface area contributed by atoms with Crippen LogP contribution < -0.4 is 0 Å². The molecule has 1 rings (SSSR count). The molecule has 6 nitrogen and oxygen atoms in total. The number of carbonyl (C=O) groups excluding carboxylic acids is 3. The minimum absolute atomic E-state index is 0.114. The normalized spacial score (nSPS) is 23.6. The first-order valence-electron chi connectivity index (χ1n) is 12.8. The first-order valence-corrected chi connectivity index (χ1v) is 12.8. The van der Waals surface area contributed by atoms with E-state index in [0.29, 0.717) is 44.8 Å². The molecule has 1 heterocycles. The van der Waals surface area contributed by atoms with Crippen LogP contribution in [0.5, 0.6) is 0 Å². The molecule has 0 saturated carbocycles. The molecule has 190 valence electrons. The van der Waals surface area contributed by atoms with Crippen LogP contribution >= 0.6 is 0 Å². The lowest BCUT2D eigenvalue weighted by atomic mass is 9.92. The van der Waals surface area contributed by atoms with Crippen molar-refractivity contribution in [3.8, 4) is 0 Å². The van der Waals surface area contributed by atoms with Gasteiger partial charge < -0.3 is 14.2 Å². The second kappa shape index (κ2) is 14.7. The molecule has 33 heavy (non-hydrogen) atoms. The zero-order valence-corrected chi connectivity index (χ0v) is 21.6. The van der Waals surface area contributed by atoms with Crippen LogP contribution in [0.25, 0.3) is 0 Å². The summed E-state index contributed by atoms with van der Waals surface area (Å²) in [6, 6.07) is 0. The second-order valence-electron chi connectivity index (χ2n) is 9.61. The van der Waals surface area contributed by atoms with E-state index < -0.39 is 23.3 Å². The quantitative estimate of drug-likeness (QED) is 0.141. The standard InChI is InChI=1S/C27H46O6/c1-7-11-16-21(9-3)20-32-26(5,10-4)23(28)17-13-12-14-18-31-27(6)24(29)19-22(15-8-2)25(30)33-27/h8,21-22H,2,7,9-20H2,1,3-6H3. The highest BCUT2D eigenvalue weighted by Crippen LogP contribution is 2.29. The van der Waals surface area contributed by atoms with Gasteiger partial charge in [0.05, 0.1) is 19.1 Å². The molecule has 0 aromatic heterocycles. The number of cyclic esters (lactones) is 1. The summed E-state index contributed by atoms with van der Waals surface area (Å²) in [6.07, 6.45) is 10.1. The van der Waals surface area contributed by atoms with E-state index in [2.05, 4.69) is 20.4 Å². The Balaban J connectivity index is 2.36. The van der Waals surface area contributed by atoms with Gasteiger partial charge in [-0.3, -0.25) is 14.4 Å². The number of rotatable bonds is 18. The lowest BCUT2D eigenvalue weighted by Crippen LogP contribution is -2.50. The largest absolute Gasteiger partial charge is 0.425 e. The van der Waals surface area contributed by atoms with Crippen molar-refractivity contribution in [3.63, 3.8) is 0 Å². The fourth-order valence-electron chi connectivity index (χ4n) is 3.99. The Hall–Kier alpha value is -1.53. The monoisotopic (exact) mass is 466 g/mol. The SMILES string of the molecule is C=CCC1CC(=O)C(C)(OCCCCCC(=O)C(C)(CC)OCC(CC)CCCC)OC1=O. The maximum atomic E-state index is 12.8. The first kappa shape index (κ1) is 29.5. The van der Waals surface area contributed by atoms with Gasteiger partial charge in [-0.15, -0.1) is 6.58 Å². The summed E-state index contributed by atoms with van der Waals surface area (Å²) in [4.78, 5) is 37.3. The molecule has 4 unspecified atom stereocenters. The van der Waals surface area contributed by atoms with Crippen LogP contribution in [0.1, 0.15) is 105 Å². The molecule has 0 aliphatic carbocycles. The predicted molar refractivity (Wildman–Crippen MR) is 130 cm³/mol. The van der Waals surface area contributed by atoms with Crippen LogP contribution in [-0.2, 0) is 28.6 Å². The highest BCUT2D eigenvalue weighted by atomic mass is 16.7. The highest BCUT2D eigenvalue weighted by Gasteiger charge is 2.46. The van der Waals surface area contributed by atoms with Crippen molar-refractivity contribution in [2.45, 2.75) is 117 Å². The molecular weight excluding hydrogens is 420 g/mol. The van der Waals surface area contributed by atoms with Crippen molar-refractivity contribution in [1.82, 2.24) is 0 Å². The maximum absolute atomic E-state index is 12.8. The van der Waals surface area contributed by atoms with Gasteiger partial charge in [-0.2, -0.15) is 0 Å². The summed E-state index contributed by atoms with van der Waals surface area (Å²) >= 11 is 0. The third kappa shape index (κ3) is 9.32. The van der Waals surface area contributed by atoms with E-state index in [1.165, 1.54) is 19.8 Å². The zero-order valence-electron chi connectivity index (χ0n) is 21.6. The maximum Gasteiger partial charge on any atom is 0.312 e. The Morgan fingerprint density at radius 2 is 1.97 bits per heavy atom. The summed E-state index contributed by atoms with van der Waals surface area (Å²) < 4.78 is 17.1. The number of esters is 1. The fraction of sp³-hybridized carbons (Fsp3) is 0.815. The lowest BCUT2D eigenvalue weighted by Gasteiger charge is -2.34. The van der Waals surface area contributed by atoms with Gasteiger partial charge in [0.15, 0.2) is 5.78 Å². The van der Waals surface area contributed by atoms with E-state index in [1.54, 1.807) is 6.08 Å². The van der Waals surface area contributed by atoms with Crippen LogP contribution in [0.2, 0.25) is 0 Å². The van der Waals surface area contributed by atoms with Crippen molar-refractivity contribution in [1.29, 1.82) is 0 Å². The summed E-state index contributed by atoms with van der Waals surface area (Å²) in [5.74, 6) is -1.95. The number of hydrogen-bond acceptors (Lipinski definition) is 6. The van der Waals surface area contributed by atoms with Crippen LogP contribution in [0.15, 0.2) is 12.7 Å². The molecule has 1 fully saturated rings. The van der Waals surface area contributed by atoms with Crippen LogP contribution in [0, 0.1) is 11.8 Å². The molecule has 4 atom stereocenters. The molecular formula is C27H46O6. The zero-order chi connectivity index (χ0) is 24.9. The Bertz CT molecular complexity index is 645. The van der Waals surface area contributed by atoms with E-state index in [4.69, 9.17) is 14.2 Å². The van der Waals surface area contributed by atoms with E-state index in [0.717, 1.165) is 25.7 Å². The summed E-state index contributed by atoms with van der Waals surface area (Å²) in [6.45, 7) is 14.3. The summed E-state index contributed by atoms with van der Waals surface area (Å²) in [7, 11) is 0. The van der Waals surface area contributed by atoms with Crippen LogP contribution in [0.4, 0.5) is 0 Å². The Morgan fingerprint density at radius 1 is 1.24 bits per heavy atom. The van der Waals surface area contributed by atoms with Crippen molar-refractivity contribution >= 4 is 17.5 Å². The Kier molecular flexibility index (Phi) is 13.1. The highest BCUT2D eigenvalue weighted by molar-refractivity contribution is 5.94. The molecule has 1 aliphatic rings. The number of unbranched alkanes of at least 4 members (excludes halogenated alkanes) is 3. The van der Waals surface area contributed by atoms with Gasteiger partial charge in [0.25, 0.3) is 5.79 Å². The topological polar surface area (TPSA) is 78.9 Å². The van der Waals surface area contributed by atoms with Gasteiger partial charge >= 0.3 is 5.97 Å². The van der Waals surface area contributed by atoms with Crippen LogP contribution in [-0.4, -0.2) is 42.1 Å². The predicted octanol–water partition coefficient (Wildman–Crippen LogP) is 5.96. The smallest absolute Gasteiger partial charge is 0.312 e. The number of allylic oxidation sites excluding steroid dienone is 1. The number of Topliss-reactive ketones (excluding diaryl/α,β-unsaturated/α-hetero) is 2. The number of hydrogen-bond donors (Lipinski definition) is 0. The average molecular weight is 467 g/mol. The molecule has 0 amide bonds. The average Bonchev–Trinajstić information content (AvgIpc) is 2.79. The van der Waals surface area contributed by atoms with Crippen molar-refractivity contribution in [2.75, 3.05) is 13.2 Å². The molecule has 0 N–H and O–H groups in total. The number of carbonyl (C=O) groups is 3. The lowest BCUT2D eigenvalue weighted by molar-refractivity contribution is -0.233.